The SMILES string of the molecule is Brc1cc2c(c(Br)c1Br)C(Br)(Br)C(c1ccccc1)=N2. The highest BCUT2D eigenvalue weighted by Gasteiger charge is 2.42. The molecule has 0 saturated heterocycles. The van der Waals surface area contributed by atoms with Crippen molar-refractivity contribution in [3.63, 3.8) is 0 Å². The maximum absolute atomic E-state index is 4.78. The van der Waals surface area contributed by atoms with E-state index in [1.807, 2.05) is 24.3 Å². The van der Waals surface area contributed by atoms with Crippen LogP contribution in [0.5, 0.6) is 0 Å². The molecule has 0 aromatic heterocycles. The van der Waals surface area contributed by atoms with E-state index in [0.29, 0.717) is 0 Å². The van der Waals surface area contributed by atoms with Crippen LogP contribution < -0.4 is 0 Å². The predicted molar refractivity (Wildman–Crippen MR) is 102 cm³/mol. The summed E-state index contributed by atoms with van der Waals surface area (Å²) in [6.07, 6.45) is 0. The van der Waals surface area contributed by atoms with E-state index in [0.717, 1.165) is 35.9 Å². The van der Waals surface area contributed by atoms with Gasteiger partial charge in [-0.2, -0.15) is 0 Å². The first-order chi connectivity index (χ1) is 9.43. The zero-order valence-electron chi connectivity index (χ0n) is 9.80. The summed E-state index contributed by atoms with van der Waals surface area (Å²) in [7, 11) is 0. The summed E-state index contributed by atoms with van der Waals surface area (Å²) in [5, 5.41) is 0. The van der Waals surface area contributed by atoms with Gasteiger partial charge in [-0.05, 0) is 59.4 Å². The van der Waals surface area contributed by atoms with E-state index in [9.17, 15) is 0 Å². The zero-order valence-corrected chi connectivity index (χ0v) is 17.7. The fourth-order valence-electron chi connectivity index (χ4n) is 2.12. The minimum Gasteiger partial charge on any atom is -0.250 e. The van der Waals surface area contributed by atoms with E-state index in [4.69, 9.17) is 4.99 Å². The highest BCUT2D eigenvalue weighted by molar-refractivity contribution is 9.25. The topological polar surface area (TPSA) is 12.4 Å². The van der Waals surface area contributed by atoms with Crippen molar-refractivity contribution in [1.82, 2.24) is 0 Å². The Bertz CT molecular complexity index is 722. The summed E-state index contributed by atoms with van der Waals surface area (Å²) in [6.45, 7) is 0. The summed E-state index contributed by atoms with van der Waals surface area (Å²) < 4.78 is 2.42. The van der Waals surface area contributed by atoms with Gasteiger partial charge in [0.1, 0.15) is 0 Å². The Morgan fingerprint density at radius 3 is 2.20 bits per heavy atom. The van der Waals surface area contributed by atoms with Crippen molar-refractivity contribution in [3.05, 3.63) is 60.9 Å². The molecule has 1 aliphatic heterocycles. The van der Waals surface area contributed by atoms with Crippen LogP contribution in [0.2, 0.25) is 0 Å². The molecule has 0 atom stereocenters. The van der Waals surface area contributed by atoms with Gasteiger partial charge in [0.15, 0.2) is 3.23 Å². The van der Waals surface area contributed by atoms with Gasteiger partial charge in [-0.25, -0.2) is 4.99 Å². The third-order valence-electron chi connectivity index (χ3n) is 3.03. The number of nitrogens with zero attached hydrogens (tertiary/aromatic N) is 1. The molecule has 0 aliphatic carbocycles. The Morgan fingerprint density at radius 1 is 0.900 bits per heavy atom. The van der Waals surface area contributed by atoms with Crippen molar-refractivity contribution in [2.24, 2.45) is 4.99 Å². The van der Waals surface area contributed by atoms with Crippen molar-refractivity contribution in [2.45, 2.75) is 3.23 Å². The smallest absolute Gasteiger partial charge is 0.151 e. The zero-order chi connectivity index (χ0) is 14.5. The van der Waals surface area contributed by atoms with Crippen LogP contribution in [0.4, 0.5) is 5.69 Å². The number of aliphatic imine (C=N–C) groups is 1. The van der Waals surface area contributed by atoms with Gasteiger partial charge in [-0.1, -0.05) is 62.2 Å². The second-order valence-electron chi connectivity index (χ2n) is 4.28. The van der Waals surface area contributed by atoms with E-state index in [1.165, 1.54) is 0 Å². The van der Waals surface area contributed by atoms with E-state index in [-0.39, 0.29) is 0 Å². The van der Waals surface area contributed by atoms with E-state index >= 15 is 0 Å². The molecule has 1 nitrogen and oxygen atoms in total. The number of rotatable bonds is 1. The van der Waals surface area contributed by atoms with Crippen molar-refractivity contribution in [1.29, 1.82) is 0 Å². The Balaban J connectivity index is 2.24. The lowest BCUT2D eigenvalue weighted by molar-refractivity contribution is 1.27. The molecule has 0 bridgehead atoms. The molecule has 3 rings (SSSR count). The monoisotopic (exact) mass is 583 g/mol. The summed E-state index contributed by atoms with van der Waals surface area (Å²) in [4.78, 5) is 4.78. The van der Waals surface area contributed by atoms with Crippen molar-refractivity contribution < 1.29 is 0 Å². The predicted octanol–water partition coefficient (Wildman–Crippen LogP) is 7.05. The third kappa shape index (κ3) is 2.41. The van der Waals surface area contributed by atoms with Crippen molar-refractivity contribution in [3.8, 4) is 0 Å². The van der Waals surface area contributed by atoms with Crippen LogP contribution in [0.1, 0.15) is 11.1 Å². The van der Waals surface area contributed by atoms with Crippen molar-refractivity contribution in [2.75, 3.05) is 0 Å². The first-order valence-electron chi connectivity index (χ1n) is 5.63. The Kier molecular flexibility index (Phi) is 4.32. The number of fused-ring (bicyclic) bond motifs is 1. The lowest BCUT2D eigenvalue weighted by atomic mass is 10.0. The van der Waals surface area contributed by atoms with Crippen LogP contribution in [0.15, 0.2) is 54.8 Å². The van der Waals surface area contributed by atoms with Gasteiger partial charge < -0.3 is 0 Å². The third-order valence-corrected chi connectivity index (χ3v) is 7.88. The Morgan fingerprint density at radius 2 is 1.55 bits per heavy atom. The van der Waals surface area contributed by atoms with Gasteiger partial charge in [-0.3, -0.25) is 0 Å². The largest absolute Gasteiger partial charge is 0.250 e. The molecule has 20 heavy (non-hydrogen) atoms. The molecule has 0 amide bonds. The van der Waals surface area contributed by atoms with E-state index < -0.39 is 3.23 Å². The summed E-state index contributed by atoms with van der Waals surface area (Å²) in [5.41, 5.74) is 4.02. The highest BCUT2D eigenvalue weighted by atomic mass is 79.9. The molecule has 102 valence electrons. The fraction of sp³-hybridized carbons (Fsp3) is 0.0714. The normalized spacial score (nSPS) is 15.9. The van der Waals surface area contributed by atoms with Crippen LogP contribution in [0.3, 0.4) is 0 Å². The number of benzene rings is 2. The molecule has 0 radical (unpaired) electrons. The standard InChI is InChI=1S/C14H6Br5N/c15-8-6-9-10(12(17)11(8)16)14(18,19)13(20-9)7-4-2-1-3-5-7/h1-6H. The maximum atomic E-state index is 4.78. The Hall–Kier alpha value is 0.510. The van der Waals surface area contributed by atoms with E-state index in [2.05, 4.69) is 91.8 Å². The number of halogens is 5. The van der Waals surface area contributed by atoms with Crippen LogP contribution in [0.25, 0.3) is 0 Å². The summed E-state index contributed by atoms with van der Waals surface area (Å²) >= 11 is 18.3. The highest BCUT2D eigenvalue weighted by Crippen LogP contribution is 2.56. The van der Waals surface area contributed by atoms with Crippen LogP contribution >= 0.6 is 79.6 Å². The minimum absolute atomic E-state index is 0.501. The lowest BCUT2D eigenvalue weighted by Crippen LogP contribution is -2.19. The van der Waals surface area contributed by atoms with E-state index in [1.54, 1.807) is 0 Å². The van der Waals surface area contributed by atoms with Crippen LogP contribution in [0, 0.1) is 0 Å². The second kappa shape index (κ2) is 5.61. The molecule has 2 aromatic carbocycles. The molecule has 0 unspecified atom stereocenters. The molecule has 0 N–H and O–H groups in total. The average molecular weight is 588 g/mol. The van der Waals surface area contributed by atoms with Gasteiger partial charge in [0.05, 0.1) is 11.4 Å². The number of hydrogen-bond acceptors (Lipinski definition) is 1. The van der Waals surface area contributed by atoms with Gasteiger partial charge in [0.25, 0.3) is 0 Å². The van der Waals surface area contributed by atoms with Crippen LogP contribution in [-0.2, 0) is 3.23 Å². The first-order valence-corrected chi connectivity index (χ1v) is 9.60. The first kappa shape index (κ1) is 15.4. The minimum atomic E-state index is -0.501. The van der Waals surface area contributed by atoms with Gasteiger partial charge >= 0.3 is 0 Å². The fourth-order valence-corrected chi connectivity index (χ4v) is 5.80. The molecule has 2 aromatic rings. The quantitative estimate of drug-likeness (QED) is 0.251. The number of alkyl halides is 2. The Labute approximate surface area is 158 Å². The molecule has 1 aliphatic rings. The molecule has 6 heteroatoms. The van der Waals surface area contributed by atoms with Gasteiger partial charge in [0.2, 0.25) is 0 Å². The van der Waals surface area contributed by atoms with Crippen molar-refractivity contribution >= 4 is 91.0 Å². The summed E-state index contributed by atoms with van der Waals surface area (Å²) in [6, 6.07) is 12.1. The average Bonchev–Trinajstić information content (AvgIpc) is 2.68. The van der Waals surface area contributed by atoms with Gasteiger partial charge in [0, 0.05) is 19.0 Å². The second-order valence-corrected chi connectivity index (χ2v) is 10.2. The molecule has 0 saturated carbocycles. The maximum Gasteiger partial charge on any atom is 0.151 e. The summed E-state index contributed by atoms with van der Waals surface area (Å²) in [5.74, 6) is 0. The molecule has 0 fully saturated rings. The molecular weight excluding hydrogens is 582 g/mol. The molecule has 0 spiro atoms. The molecular formula is C14H6Br5N. The van der Waals surface area contributed by atoms with Gasteiger partial charge in [-0.15, -0.1) is 0 Å². The number of hydrogen-bond donors (Lipinski definition) is 0. The molecule has 1 heterocycles. The lowest BCUT2D eigenvalue weighted by Gasteiger charge is -2.20. The van der Waals surface area contributed by atoms with Crippen LogP contribution in [-0.4, -0.2) is 5.71 Å².